The van der Waals surface area contributed by atoms with E-state index in [9.17, 15) is 9.59 Å². The van der Waals surface area contributed by atoms with Crippen molar-refractivity contribution < 1.29 is 9.59 Å². The van der Waals surface area contributed by atoms with Gasteiger partial charge in [-0.2, -0.15) is 0 Å². The first-order chi connectivity index (χ1) is 14.2. The third-order valence-electron chi connectivity index (χ3n) is 5.26. The van der Waals surface area contributed by atoms with Crippen LogP contribution in [-0.2, 0) is 29.1 Å². The van der Waals surface area contributed by atoms with Crippen LogP contribution in [0.4, 0.5) is 5.69 Å². The molecule has 0 saturated heterocycles. The molecule has 0 unspecified atom stereocenters. The van der Waals surface area contributed by atoms with Crippen molar-refractivity contribution in [2.75, 3.05) is 11.4 Å². The van der Waals surface area contributed by atoms with Crippen molar-refractivity contribution in [2.24, 2.45) is 0 Å². The van der Waals surface area contributed by atoms with Crippen LogP contribution in [0.3, 0.4) is 0 Å². The van der Waals surface area contributed by atoms with Gasteiger partial charge in [-0.3, -0.25) is 9.59 Å². The van der Waals surface area contributed by atoms with Crippen molar-refractivity contribution in [3.05, 3.63) is 102 Å². The number of carbonyl (C=O) groups is 2. The van der Waals surface area contributed by atoms with Gasteiger partial charge in [-0.1, -0.05) is 78.9 Å². The molecule has 0 bridgehead atoms. The van der Waals surface area contributed by atoms with E-state index in [0.717, 1.165) is 35.2 Å². The summed E-state index contributed by atoms with van der Waals surface area (Å²) in [7, 11) is 0. The standard InChI is InChI=1S/C25H24N2O2/c28-24(25(29)27-17-9-15-22-14-7-8-16-23(22)27)26(18-20-10-3-1-4-11-20)19-21-12-5-2-6-13-21/h1-8,10-14,16H,9,15,17-19H2. The molecule has 0 radical (unpaired) electrons. The second-order valence-corrected chi connectivity index (χ2v) is 7.32. The smallest absolute Gasteiger partial charge is 0.316 e. The third-order valence-corrected chi connectivity index (χ3v) is 5.26. The summed E-state index contributed by atoms with van der Waals surface area (Å²) in [6.07, 6.45) is 1.80. The summed E-state index contributed by atoms with van der Waals surface area (Å²) in [5.74, 6) is -0.918. The lowest BCUT2D eigenvalue weighted by atomic mass is 10.0. The van der Waals surface area contributed by atoms with E-state index in [2.05, 4.69) is 0 Å². The van der Waals surface area contributed by atoms with Crippen LogP contribution in [-0.4, -0.2) is 23.3 Å². The van der Waals surface area contributed by atoms with Gasteiger partial charge in [0.1, 0.15) is 0 Å². The van der Waals surface area contributed by atoms with Crippen molar-refractivity contribution in [3.63, 3.8) is 0 Å². The third kappa shape index (κ3) is 4.37. The molecule has 2 amide bonds. The maximum atomic E-state index is 13.3. The molecular weight excluding hydrogens is 360 g/mol. The summed E-state index contributed by atoms with van der Waals surface area (Å²) in [4.78, 5) is 29.8. The predicted molar refractivity (Wildman–Crippen MR) is 114 cm³/mol. The van der Waals surface area contributed by atoms with Crippen molar-refractivity contribution in [2.45, 2.75) is 25.9 Å². The minimum absolute atomic E-state index is 0.399. The SMILES string of the molecule is O=C(C(=O)N1CCCc2ccccc21)N(Cc1ccccc1)Cc1ccccc1. The topological polar surface area (TPSA) is 40.6 Å². The van der Waals surface area contributed by atoms with Gasteiger partial charge < -0.3 is 9.80 Å². The van der Waals surface area contributed by atoms with Crippen molar-refractivity contribution in [1.29, 1.82) is 0 Å². The van der Waals surface area contributed by atoms with E-state index in [-0.39, 0.29) is 0 Å². The Kier molecular flexibility index (Phi) is 5.71. The fourth-order valence-electron chi connectivity index (χ4n) is 3.80. The van der Waals surface area contributed by atoms with Crippen LogP contribution in [0.2, 0.25) is 0 Å². The van der Waals surface area contributed by atoms with E-state index in [1.165, 1.54) is 0 Å². The zero-order valence-corrected chi connectivity index (χ0v) is 16.3. The zero-order valence-electron chi connectivity index (χ0n) is 16.3. The van der Waals surface area contributed by atoms with Crippen LogP contribution in [0.15, 0.2) is 84.9 Å². The summed E-state index contributed by atoms with van der Waals surface area (Å²) in [5, 5.41) is 0. The van der Waals surface area contributed by atoms with E-state index >= 15 is 0 Å². The zero-order chi connectivity index (χ0) is 20.1. The molecule has 0 saturated carbocycles. The molecule has 3 aromatic carbocycles. The van der Waals surface area contributed by atoms with Crippen molar-refractivity contribution in [1.82, 2.24) is 4.90 Å². The fraction of sp³-hybridized carbons (Fsp3) is 0.200. The monoisotopic (exact) mass is 384 g/mol. The van der Waals surface area contributed by atoms with Gasteiger partial charge in [-0.05, 0) is 35.6 Å². The van der Waals surface area contributed by atoms with Gasteiger partial charge in [0.05, 0.1) is 0 Å². The highest BCUT2D eigenvalue weighted by Gasteiger charge is 2.30. The number of aryl methyl sites for hydroxylation is 1. The highest BCUT2D eigenvalue weighted by molar-refractivity contribution is 6.40. The quantitative estimate of drug-likeness (QED) is 0.633. The van der Waals surface area contributed by atoms with E-state index in [0.29, 0.717) is 19.6 Å². The number of anilines is 1. The Morgan fingerprint density at radius 1 is 0.759 bits per heavy atom. The number of carbonyl (C=O) groups excluding carboxylic acids is 2. The van der Waals surface area contributed by atoms with Crippen LogP contribution in [0, 0.1) is 0 Å². The van der Waals surface area contributed by atoms with Gasteiger partial charge in [-0.15, -0.1) is 0 Å². The number of amides is 2. The first-order valence-corrected chi connectivity index (χ1v) is 9.99. The van der Waals surface area contributed by atoms with Gasteiger partial charge in [0.25, 0.3) is 0 Å². The highest BCUT2D eigenvalue weighted by atomic mass is 16.2. The molecule has 0 aliphatic carbocycles. The average Bonchev–Trinajstić information content (AvgIpc) is 2.79. The summed E-state index contributed by atoms with van der Waals surface area (Å²) in [6, 6.07) is 27.5. The molecule has 146 valence electrons. The first-order valence-electron chi connectivity index (χ1n) is 9.99. The predicted octanol–water partition coefficient (Wildman–Crippen LogP) is 4.19. The number of hydrogen-bond donors (Lipinski definition) is 0. The minimum Gasteiger partial charge on any atom is -0.326 e. The van der Waals surface area contributed by atoms with Crippen LogP contribution < -0.4 is 4.90 Å². The molecule has 4 rings (SSSR count). The Morgan fingerprint density at radius 2 is 1.31 bits per heavy atom. The molecule has 1 aliphatic heterocycles. The van der Waals surface area contributed by atoms with E-state index < -0.39 is 11.8 Å². The lowest BCUT2D eigenvalue weighted by Gasteiger charge is -2.31. The maximum absolute atomic E-state index is 13.3. The number of hydrogen-bond acceptors (Lipinski definition) is 2. The molecule has 4 nitrogen and oxygen atoms in total. The number of para-hydroxylation sites is 1. The molecule has 0 spiro atoms. The van der Waals surface area contributed by atoms with Crippen LogP contribution in [0.1, 0.15) is 23.1 Å². The molecule has 0 N–H and O–H groups in total. The number of benzene rings is 3. The van der Waals surface area contributed by atoms with Crippen LogP contribution in [0.5, 0.6) is 0 Å². The molecule has 3 aromatic rings. The Labute approximate surface area is 171 Å². The molecule has 0 fully saturated rings. The second-order valence-electron chi connectivity index (χ2n) is 7.32. The second kappa shape index (κ2) is 8.74. The first kappa shape index (κ1) is 18.9. The van der Waals surface area contributed by atoms with E-state index in [1.807, 2.05) is 84.9 Å². The normalized spacial score (nSPS) is 12.9. The molecule has 1 heterocycles. The maximum Gasteiger partial charge on any atom is 0.316 e. The lowest BCUT2D eigenvalue weighted by molar-refractivity contribution is -0.145. The highest BCUT2D eigenvalue weighted by Crippen LogP contribution is 2.27. The minimum atomic E-state index is -0.464. The van der Waals surface area contributed by atoms with Crippen molar-refractivity contribution in [3.8, 4) is 0 Å². The van der Waals surface area contributed by atoms with Crippen LogP contribution in [0.25, 0.3) is 0 Å². The lowest BCUT2D eigenvalue weighted by Crippen LogP contribution is -2.46. The van der Waals surface area contributed by atoms with Crippen LogP contribution >= 0.6 is 0 Å². The summed E-state index contributed by atoms with van der Waals surface area (Å²) >= 11 is 0. The Balaban J connectivity index is 1.59. The molecular formula is C25H24N2O2. The van der Waals surface area contributed by atoms with Gasteiger partial charge in [0.2, 0.25) is 0 Å². The molecule has 0 atom stereocenters. The Hall–Kier alpha value is -3.40. The van der Waals surface area contributed by atoms with Gasteiger partial charge >= 0.3 is 11.8 Å². The van der Waals surface area contributed by atoms with Gasteiger partial charge in [0, 0.05) is 25.3 Å². The number of fused-ring (bicyclic) bond motifs is 1. The summed E-state index contributed by atoms with van der Waals surface area (Å²) in [6.45, 7) is 1.37. The largest absolute Gasteiger partial charge is 0.326 e. The molecule has 4 heteroatoms. The molecule has 0 aromatic heterocycles. The summed E-state index contributed by atoms with van der Waals surface area (Å²) in [5.41, 5.74) is 3.99. The fourth-order valence-corrected chi connectivity index (χ4v) is 3.80. The molecule has 1 aliphatic rings. The number of nitrogens with zero attached hydrogens (tertiary/aromatic N) is 2. The van der Waals surface area contributed by atoms with Crippen molar-refractivity contribution >= 4 is 17.5 Å². The Morgan fingerprint density at radius 3 is 1.93 bits per heavy atom. The number of rotatable bonds is 4. The Bertz CT molecular complexity index is 944. The van der Waals surface area contributed by atoms with E-state index in [1.54, 1.807) is 9.80 Å². The summed E-state index contributed by atoms with van der Waals surface area (Å²) < 4.78 is 0. The average molecular weight is 384 g/mol. The molecule has 29 heavy (non-hydrogen) atoms. The van der Waals surface area contributed by atoms with E-state index in [4.69, 9.17) is 0 Å². The van der Waals surface area contributed by atoms with Gasteiger partial charge in [-0.25, -0.2) is 0 Å². The van der Waals surface area contributed by atoms with Gasteiger partial charge in [0.15, 0.2) is 0 Å².